The standard InChI is InChI=1S/C12H20N2O3/c1-6-14-11(17-5)8(7-9(15)16)10(13-14)12(2,3)4/h6-7H2,1-5H3,(H,15,16). The van der Waals surface area contributed by atoms with Gasteiger partial charge in [0.1, 0.15) is 0 Å². The van der Waals surface area contributed by atoms with Gasteiger partial charge in [-0.15, -0.1) is 0 Å². The zero-order chi connectivity index (χ0) is 13.2. The molecule has 0 saturated carbocycles. The number of rotatable bonds is 4. The van der Waals surface area contributed by atoms with Crippen molar-refractivity contribution in [3.8, 4) is 5.88 Å². The average Bonchev–Trinajstić information content (AvgIpc) is 2.54. The molecular formula is C12H20N2O3. The van der Waals surface area contributed by atoms with Crippen molar-refractivity contribution in [3.05, 3.63) is 11.3 Å². The number of aliphatic carboxylic acids is 1. The van der Waals surface area contributed by atoms with Crippen molar-refractivity contribution in [2.24, 2.45) is 0 Å². The number of methoxy groups -OCH3 is 1. The molecule has 0 aliphatic heterocycles. The van der Waals surface area contributed by atoms with E-state index in [1.54, 1.807) is 11.8 Å². The van der Waals surface area contributed by atoms with Crippen molar-refractivity contribution >= 4 is 5.97 Å². The minimum Gasteiger partial charge on any atom is -0.481 e. The topological polar surface area (TPSA) is 64.4 Å². The molecule has 1 N–H and O–H groups in total. The Morgan fingerprint density at radius 3 is 2.41 bits per heavy atom. The van der Waals surface area contributed by atoms with E-state index in [4.69, 9.17) is 9.84 Å². The first kappa shape index (κ1) is 13.5. The number of nitrogens with zero attached hydrogens (tertiary/aromatic N) is 2. The van der Waals surface area contributed by atoms with E-state index in [0.29, 0.717) is 18.0 Å². The monoisotopic (exact) mass is 240 g/mol. The van der Waals surface area contributed by atoms with Gasteiger partial charge in [0.2, 0.25) is 5.88 Å². The summed E-state index contributed by atoms with van der Waals surface area (Å²) in [5.74, 6) is -0.315. The van der Waals surface area contributed by atoms with E-state index >= 15 is 0 Å². The molecule has 0 fully saturated rings. The fourth-order valence-corrected chi connectivity index (χ4v) is 1.84. The smallest absolute Gasteiger partial charge is 0.308 e. The van der Waals surface area contributed by atoms with Crippen LogP contribution in [0.5, 0.6) is 5.88 Å². The van der Waals surface area contributed by atoms with Crippen molar-refractivity contribution in [1.82, 2.24) is 9.78 Å². The number of aromatic nitrogens is 2. The second kappa shape index (κ2) is 4.77. The zero-order valence-corrected chi connectivity index (χ0v) is 11.1. The summed E-state index contributed by atoms with van der Waals surface area (Å²) >= 11 is 0. The highest BCUT2D eigenvalue weighted by Crippen LogP contribution is 2.31. The third kappa shape index (κ3) is 2.78. The maximum Gasteiger partial charge on any atom is 0.308 e. The molecule has 1 aromatic heterocycles. The van der Waals surface area contributed by atoms with E-state index in [2.05, 4.69) is 5.10 Å². The molecule has 0 unspecified atom stereocenters. The van der Waals surface area contributed by atoms with Gasteiger partial charge in [-0.1, -0.05) is 20.8 Å². The van der Waals surface area contributed by atoms with Crippen LogP contribution in [0, 0.1) is 0 Å². The Balaban J connectivity index is 3.37. The molecule has 5 heteroatoms. The maximum absolute atomic E-state index is 10.9. The highest BCUT2D eigenvalue weighted by atomic mass is 16.5. The first-order valence-corrected chi connectivity index (χ1v) is 5.67. The summed E-state index contributed by atoms with van der Waals surface area (Å²) in [6.07, 6.45) is -0.0597. The second-order valence-electron chi connectivity index (χ2n) is 4.97. The van der Waals surface area contributed by atoms with E-state index in [0.717, 1.165) is 5.69 Å². The van der Waals surface area contributed by atoms with Gasteiger partial charge in [-0.2, -0.15) is 5.10 Å². The zero-order valence-electron chi connectivity index (χ0n) is 11.1. The SMILES string of the molecule is CCn1nc(C(C)(C)C)c(CC(=O)O)c1OC. The molecule has 0 aliphatic carbocycles. The third-order valence-electron chi connectivity index (χ3n) is 2.53. The van der Waals surface area contributed by atoms with E-state index in [1.165, 1.54) is 0 Å². The normalized spacial score (nSPS) is 11.6. The molecule has 0 aromatic carbocycles. The molecule has 1 aromatic rings. The highest BCUT2D eigenvalue weighted by molar-refractivity contribution is 5.71. The number of carboxylic acid groups (broad SMARTS) is 1. The molecule has 96 valence electrons. The number of carboxylic acids is 1. The number of hydrogen-bond donors (Lipinski definition) is 1. The number of ether oxygens (including phenoxy) is 1. The van der Waals surface area contributed by atoms with Crippen molar-refractivity contribution in [3.63, 3.8) is 0 Å². The van der Waals surface area contributed by atoms with Crippen molar-refractivity contribution < 1.29 is 14.6 Å². The van der Waals surface area contributed by atoms with Crippen LogP contribution in [0.1, 0.15) is 39.0 Å². The predicted octanol–water partition coefficient (Wildman–Crippen LogP) is 1.84. The minimum atomic E-state index is -0.871. The van der Waals surface area contributed by atoms with Crippen LogP contribution in [0.25, 0.3) is 0 Å². The van der Waals surface area contributed by atoms with Crippen LogP contribution >= 0.6 is 0 Å². The summed E-state index contributed by atoms with van der Waals surface area (Å²) in [5, 5.41) is 13.4. The molecule has 0 spiro atoms. The van der Waals surface area contributed by atoms with Gasteiger partial charge in [0, 0.05) is 17.5 Å². The Labute approximate surface area is 101 Å². The predicted molar refractivity (Wildman–Crippen MR) is 64.5 cm³/mol. The molecule has 5 nitrogen and oxygen atoms in total. The largest absolute Gasteiger partial charge is 0.481 e. The Morgan fingerprint density at radius 1 is 1.47 bits per heavy atom. The maximum atomic E-state index is 10.9. The lowest BCUT2D eigenvalue weighted by Crippen LogP contribution is -2.16. The summed E-state index contributed by atoms with van der Waals surface area (Å²) in [6, 6.07) is 0. The lowest BCUT2D eigenvalue weighted by atomic mass is 9.88. The van der Waals surface area contributed by atoms with Gasteiger partial charge < -0.3 is 9.84 Å². The van der Waals surface area contributed by atoms with Crippen LogP contribution in [-0.2, 0) is 23.2 Å². The van der Waals surface area contributed by atoms with Crippen LogP contribution in [0.3, 0.4) is 0 Å². The minimum absolute atomic E-state index is 0.0597. The van der Waals surface area contributed by atoms with Crippen LogP contribution < -0.4 is 4.74 Å². The van der Waals surface area contributed by atoms with Crippen molar-refractivity contribution in [2.45, 2.75) is 46.1 Å². The van der Waals surface area contributed by atoms with E-state index in [-0.39, 0.29) is 11.8 Å². The Hall–Kier alpha value is -1.52. The van der Waals surface area contributed by atoms with Crippen LogP contribution in [0.2, 0.25) is 0 Å². The number of aryl methyl sites for hydroxylation is 1. The second-order valence-corrected chi connectivity index (χ2v) is 4.97. The molecule has 0 bridgehead atoms. The Kier molecular flexibility index (Phi) is 3.80. The van der Waals surface area contributed by atoms with Gasteiger partial charge in [0.25, 0.3) is 0 Å². The quantitative estimate of drug-likeness (QED) is 0.872. The van der Waals surface area contributed by atoms with Gasteiger partial charge in [-0.05, 0) is 6.92 Å². The summed E-state index contributed by atoms with van der Waals surface area (Å²) in [6.45, 7) is 8.65. The molecule has 0 amide bonds. The summed E-state index contributed by atoms with van der Waals surface area (Å²) in [7, 11) is 1.54. The highest BCUT2D eigenvalue weighted by Gasteiger charge is 2.28. The fourth-order valence-electron chi connectivity index (χ4n) is 1.84. The van der Waals surface area contributed by atoms with Crippen LogP contribution in [0.4, 0.5) is 0 Å². The van der Waals surface area contributed by atoms with E-state index in [9.17, 15) is 4.79 Å². The first-order chi connectivity index (χ1) is 7.81. The number of carbonyl (C=O) groups is 1. The molecular weight excluding hydrogens is 220 g/mol. The summed E-state index contributed by atoms with van der Waals surface area (Å²) in [4.78, 5) is 10.9. The van der Waals surface area contributed by atoms with E-state index in [1.807, 2.05) is 27.7 Å². The lowest BCUT2D eigenvalue weighted by Gasteiger charge is -2.16. The van der Waals surface area contributed by atoms with Crippen LogP contribution in [0.15, 0.2) is 0 Å². The molecule has 1 rings (SSSR count). The Morgan fingerprint density at radius 2 is 2.06 bits per heavy atom. The molecule has 0 atom stereocenters. The molecule has 17 heavy (non-hydrogen) atoms. The molecule has 1 heterocycles. The number of hydrogen-bond acceptors (Lipinski definition) is 3. The first-order valence-electron chi connectivity index (χ1n) is 5.67. The summed E-state index contributed by atoms with van der Waals surface area (Å²) < 4.78 is 6.99. The molecule has 0 saturated heterocycles. The van der Waals surface area contributed by atoms with Crippen LogP contribution in [-0.4, -0.2) is 28.0 Å². The fraction of sp³-hybridized carbons (Fsp3) is 0.667. The Bertz CT molecular complexity index is 416. The van der Waals surface area contributed by atoms with Crippen molar-refractivity contribution in [2.75, 3.05) is 7.11 Å². The molecule has 0 aliphatic rings. The van der Waals surface area contributed by atoms with Crippen molar-refractivity contribution in [1.29, 1.82) is 0 Å². The van der Waals surface area contributed by atoms with Gasteiger partial charge in [0.15, 0.2) is 0 Å². The summed E-state index contributed by atoms with van der Waals surface area (Å²) in [5.41, 5.74) is 1.27. The average molecular weight is 240 g/mol. The van der Waals surface area contributed by atoms with Gasteiger partial charge in [-0.25, -0.2) is 4.68 Å². The van der Waals surface area contributed by atoms with Gasteiger partial charge in [0.05, 0.1) is 19.2 Å². The molecule has 0 radical (unpaired) electrons. The van der Waals surface area contributed by atoms with Gasteiger partial charge in [-0.3, -0.25) is 4.79 Å². The lowest BCUT2D eigenvalue weighted by molar-refractivity contribution is -0.136. The third-order valence-corrected chi connectivity index (χ3v) is 2.53. The van der Waals surface area contributed by atoms with E-state index < -0.39 is 5.97 Å². The van der Waals surface area contributed by atoms with Gasteiger partial charge >= 0.3 is 5.97 Å².